The second-order valence-electron chi connectivity index (χ2n) is 9.01. The average Bonchev–Trinajstić information content (AvgIpc) is 2.88. The SMILES string of the molecule is CN(C1CCN(c2ccncc2)CC1)N1CCN(S(=O)(=O)c2ccc3cc(Cl)ccc3c2)CC1=O.Cl. The topological polar surface area (TPSA) is 77.1 Å². The predicted octanol–water partition coefficient (Wildman–Crippen LogP) is 3.66. The molecule has 36 heavy (non-hydrogen) atoms. The van der Waals surface area contributed by atoms with Crippen LogP contribution < -0.4 is 4.90 Å². The van der Waals surface area contributed by atoms with Crippen LogP contribution >= 0.6 is 24.0 Å². The monoisotopic (exact) mass is 549 g/mol. The fraction of sp³-hybridized carbons (Fsp3) is 0.360. The van der Waals surface area contributed by atoms with Crippen LogP contribution in [0.4, 0.5) is 5.69 Å². The van der Waals surface area contributed by atoms with Gasteiger partial charge in [-0.2, -0.15) is 4.31 Å². The molecule has 1 amide bonds. The van der Waals surface area contributed by atoms with Crippen molar-refractivity contribution in [2.45, 2.75) is 23.8 Å². The summed E-state index contributed by atoms with van der Waals surface area (Å²) in [6, 6.07) is 14.6. The quantitative estimate of drug-likeness (QED) is 0.483. The van der Waals surface area contributed by atoms with Crippen molar-refractivity contribution in [2.75, 3.05) is 44.7 Å². The number of amides is 1. The molecule has 8 nitrogen and oxygen atoms in total. The van der Waals surface area contributed by atoms with Crippen LogP contribution in [0.1, 0.15) is 12.8 Å². The maximum Gasteiger partial charge on any atom is 0.252 e. The number of aromatic nitrogens is 1. The Bertz CT molecular complexity index is 1330. The average molecular weight is 551 g/mol. The highest BCUT2D eigenvalue weighted by Gasteiger charge is 2.36. The summed E-state index contributed by atoms with van der Waals surface area (Å²) in [5.74, 6) is -0.202. The summed E-state index contributed by atoms with van der Waals surface area (Å²) in [5.41, 5.74) is 1.16. The van der Waals surface area contributed by atoms with E-state index < -0.39 is 10.0 Å². The number of nitrogens with zero attached hydrogens (tertiary/aromatic N) is 5. The zero-order chi connectivity index (χ0) is 24.6. The molecule has 2 aromatic carbocycles. The van der Waals surface area contributed by atoms with E-state index in [2.05, 4.69) is 9.88 Å². The van der Waals surface area contributed by atoms with Crippen LogP contribution in [0, 0.1) is 0 Å². The second kappa shape index (κ2) is 10.9. The van der Waals surface area contributed by atoms with Gasteiger partial charge in [0.05, 0.1) is 18.0 Å². The Kier molecular flexibility index (Phi) is 8.06. The van der Waals surface area contributed by atoms with Gasteiger partial charge in [0.2, 0.25) is 10.0 Å². The molecule has 0 saturated carbocycles. The molecule has 5 rings (SSSR count). The van der Waals surface area contributed by atoms with Crippen molar-refractivity contribution >= 4 is 56.4 Å². The van der Waals surface area contributed by atoms with Gasteiger partial charge in [-0.25, -0.2) is 13.4 Å². The number of halogens is 2. The molecule has 0 aliphatic carbocycles. The van der Waals surface area contributed by atoms with Crippen molar-refractivity contribution in [3.8, 4) is 0 Å². The van der Waals surface area contributed by atoms with E-state index in [0.29, 0.717) is 11.6 Å². The van der Waals surface area contributed by atoms with Crippen LogP contribution in [0.2, 0.25) is 5.02 Å². The van der Waals surface area contributed by atoms with Gasteiger partial charge in [-0.15, -0.1) is 12.4 Å². The van der Waals surface area contributed by atoms with Gasteiger partial charge in [-0.1, -0.05) is 23.7 Å². The molecule has 2 aliphatic heterocycles. The minimum absolute atomic E-state index is 0. The number of hydrogen-bond acceptors (Lipinski definition) is 6. The summed E-state index contributed by atoms with van der Waals surface area (Å²) in [5, 5.41) is 5.98. The summed E-state index contributed by atoms with van der Waals surface area (Å²) in [7, 11) is -1.85. The van der Waals surface area contributed by atoms with E-state index in [-0.39, 0.29) is 42.3 Å². The van der Waals surface area contributed by atoms with Crippen molar-refractivity contribution in [1.82, 2.24) is 19.3 Å². The molecule has 0 spiro atoms. The van der Waals surface area contributed by atoms with Gasteiger partial charge in [0, 0.05) is 55.8 Å². The lowest BCUT2D eigenvalue weighted by molar-refractivity contribution is -0.156. The van der Waals surface area contributed by atoms with E-state index in [9.17, 15) is 13.2 Å². The normalized spacial score (nSPS) is 18.0. The third-order valence-corrected chi connectivity index (χ3v) is 9.05. The number of pyridine rings is 1. The summed E-state index contributed by atoms with van der Waals surface area (Å²) in [6.45, 7) is 2.22. The number of hydrazine groups is 1. The fourth-order valence-corrected chi connectivity index (χ4v) is 6.53. The Labute approximate surface area is 222 Å². The van der Waals surface area contributed by atoms with Crippen LogP contribution in [0.15, 0.2) is 65.8 Å². The number of carbonyl (C=O) groups is 1. The Balaban J connectivity index is 0.00000304. The number of piperazine rings is 1. The zero-order valence-corrected chi connectivity index (χ0v) is 22.3. The minimum Gasteiger partial charge on any atom is -0.371 e. The van der Waals surface area contributed by atoms with Crippen LogP contribution in [0.3, 0.4) is 0 Å². The summed E-state index contributed by atoms with van der Waals surface area (Å²) >= 11 is 6.04. The van der Waals surface area contributed by atoms with Gasteiger partial charge in [0.1, 0.15) is 0 Å². The largest absolute Gasteiger partial charge is 0.371 e. The number of fused-ring (bicyclic) bond motifs is 1. The second-order valence-corrected chi connectivity index (χ2v) is 11.4. The third kappa shape index (κ3) is 5.31. The van der Waals surface area contributed by atoms with E-state index in [0.717, 1.165) is 42.4 Å². The third-order valence-electron chi connectivity index (χ3n) is 6.97. The summed E-state index contributed by atoms with van der Waals surface area (Å²) in [6.07, 6.45) is 5.44. The highest BCUT2D eigenvalue weighted by molar-refractivity contribution is 7.89. The Morgan fingerprint density at radius 2 is 1.61 bits per heavy atom. The molecular weight excluding hydrogens is 521 g/mol. The number of carbonyl (C=O) groups excluding carboxylic acids is 1. The number of sulfonamides is 1. The van der Waals surface area contributed by atoms with E-state index in [1.54, 1.807) is 53.8 Å². The van der Waals surface area contributed by atoms with Crippen molar-refractivity contribution in [3.05, 3.63) is 65.9 Å². The van der Waals surface area contributed by atoms with Crippen LogP contribution in [-0.2, 0) is 14.8 Å². The highest BCUT2D eigenvalue weighted by atomic mass is 35.5. The number of anilines is 1. The van der Waals surface area contributed by atoms with Crippen molar-refractivity contribution in [3.63, 3.8) is 0 Å². The standard InChI is InChI=1S/C25H28ClN5O3S.ClH/c1-28(22-8-12-29(13-9-22)23-6-10-27-11-7-23)31-15-14-30(18-25(31)32)35(33,34)24-5-3-19-16-21(26)4-2-20(19)17-24;/h2-7,10-11,16-17,22H,8-9,12-15,18H2,1H3;1H. The molecule has 0 bridgehead atoms. The number of hydrogen-bond donors (Lipinski definition) is 0. The first-order valence-corrected chi connectivity index (χ1v) is 13.5. The Morgan fingerprint density at radius 3 is 2.31 bits per heavy atom. The highest BCUT2D eigenvalue weighted by Crippen LogP contribution is 2.27. The van der Waals surface area contributed by atoms with Crippen LogP contribution in [-0.4, -0.2) is 79.4 Å². The molecule has 192 valence electrons. The molecule has 2 saturated heterocycles. The first-order valence-electron chi connectivity index (χ1n) is 11.7. The Morgan fingerprint density at radius 1 is 0.944 bits per heavy atom. The molecule has 0 atom stereocenters. The van der Waals surface area contributed by atoms with Crippen molar-refractivity contribution in [2.24, 2.45) is 0 Å². The number of piperidine rings is 1. The maximum atomic E-state index is 13.3. The lowest BCUT2D eigenvalue weighted by atomic mass is 10.0. The first-order chi connectivity index (χ1) is 16.8. The van der Waals surface area contributed by atoms with Gasteiger partial charge in [0.15, 0.2) is 0 Å². The van der Waals surface area contributed by atoms with E-state index in [4.69, 9.17) is 11.6 Å². The van der Waals surface area contributed by atoms with E-state index >= 15 is 0 Å². The van der Waals surface area contributed by atoms with E-state index in [1.165, 1.54) is 4.31 Å². The molecule has 2 aliphatic rings. The van der Waals surface area contributed by atoms with Gasteiger partial charge < -0.3 is 4.90 Å². The van der Waals surface area contributed by atoms with E-state index in [1.807, 2.05) is 24.2 Å². The van der Waals surface area contributed by atoms with Crippen molar-refractivity contribution < 1.29 is 13.2 Å². The van der Waals surface area contributed by atoms with Gasteiger partial charge >= 0.3 is 0 Å². The summed E-state index contributed by atoms with van der Waals surface area (Å²) < 4.78 is 27.9. The number of rotatable bonds is 5. The first kappa shape index (κ1) is 26.6. The molecule has 0 radical (unpaired) electrons. The lowest BCUT2D eigenvalue weighted by Crippen LogP contribution is -2.60. The van der Waals surface area contributed by atoms with Gasteiger partial charge in [0.25, 0.3) is 5.91 Å². The summed E-state index contributed by atoms with van der Waals surface area (Å²) in [4.78, 5) is 19.6. The molecule has 11 heteroatoms. The molecule has 0 N–H and O–H groups in total. The van der Waals surface area contributed by atoms with Crippen LogP contribution in [0.5, 0.6) is 0 Å². The van der Waals surface area contributed by atoms with Gasteiger partial charge in [-0.05, 0) is 60.0 Å². The zero-order valence-electron chi connectivity index (χ0n) is 20.0. The molecule has 0 unspecified atom stereocenters. The molecule has 3 aromatic rings. The predicted molar refractivity (Wildman–Crippen MR) is 144 cm³/mol. The fourth-order valence-electron chi connectivity index (χ4n) is 4.94. The lowest BCUT2D eigenvalue weighted by Gasteiger charge is -2.44. The smallest absolute Gasteiger partial charge is 0.252 e. The minimum atomic E-state index is -3.79. The molecular formula is C25H29Cl2N5O3S. The molecule has 1 aromatic heterocycles. The van der Waals surface area contributed by atoms with Gasteiger partial charge in [-0.3, -0.25) is 14.8 Å². The molecule has 2 fully saturated rings. The molecule has 3 heterocycles. The maximum absolute atomic E-state index is 13.3. The van der Waals surface area contributed by atoms with Crippen LogP contribution in [0.25, 0.3) is 10.8 Å². The Hall–Kier alpha value is -2.43. The number of benzene rings is 2. The van der Waals surface area contributed by atoms with Crippen molar-refractivity contribution in [1.29, 1.82) is 0 Å².